The molecule has 0 radical (unpaired) electrons. The van der Waals surface area contributed by atoms with Crippen molar-refractivity contribution in [3.63, 3.8) is 0 Å². The van der Waals surface area contributed by atoms with E-state index in [0.29, 0.717) is 22.4 Å². The average Bonchev–Trinajstić information content (AvgIpc) is 2.68. The van der Waals surface area contributed by atoms with Gasteiger partial charge in [-0.25, -0.2) is 4.90 Å². The molecule has 3 aromatic carbocycles. The van der Waals surface area contributed by atoms with Gasteiger partial charge in [-0.3, -0.25) is 9.59 Å². The van der Waals surface area contributed by atoms with Gasteiger partial charge in [-0.05, 0) is 67.3 Å². The number of anilines is 1. The predicted octanol–water partition coefficient (Wildman–Crippen LogP) is 5.34. The van der Waals surface area contributed by atoms with Crippen LogP contribution >= 0.6 is 0 Å². The van der Waals surface area contributed by atoms with Gasteiger partial charge in [0.2, 0.25) is 0 Å². The molecule has 138 valence electrons. The third kappa shape index (κ3) is 3.05. The molecule has 1 aliphatic heterocycles. The van der Waals surface area contributed by atoms with E-state index < -0.39 is 0 Å². The van der Waals surface area contributed by atoms with Crippen molar-refractivity contribution in [1.29, 1.82) is 0 Å². The van der Waals surface area contributed by atoms with Crippen molar-refractivity contribution in [2.45, 2.75) is 20.8 Å². The maximum absolute atomic E-state index is 13.4. The van der Waals surface area contributed by atoms with Crippen molar-refractivity contribution in [2.24, 2.45) is 0 Å². The zero-order chi connectivity index (χ0) is 19.8. The van der Waals surface area contributed by atoms with Crippen molar-refractivity contribution in [3.05, 3.63) is 100 Å². The van der Waals surface area contributed by atoms with E-state index in [4.69, 9.17) is 0 Å². The molecule has 3 heteroatoms. The van der Waals surface area contributed by atoms with Gasteiger partial charge in [-0.15, -0.1) is 0 Å². The zero-order valence-electron chi connectivity index (χ0n) is 16.2. The van der Waals surface area contributed by atoms with Gasteiger partial charge in [-0.1, -0.05) is 54.1 Å². The third-order valence-corrected chi connectivity index (χ3v) is 5.08. The number of imide groups is 1. The van der Waals surface area contributed by atoms with Crippen molar-refractivity contribution >= 4 is 29.2 Å². The van der Waals surface area contributed by atoms with Crippen LogP contribution in [0.2, 0.25) is 0 Å². The Morgan fingerprint density at radius 2 is 1.43 bits per heavy atom. The third-order valence-electron chi connectivity index (χ3n) is 5.08. The summed E-state index contributed by atoms with van der Waals surface area (Å²) in [7, 11) is 0. The molecular formula is C25H21NO2. The Balaban J connectivity index is 1.94. The fourth-order valence-corrected chi connectivity index (χ4v) is 3.56. The van der Waals surface area contributed by atoms with Gasteiger partial charge in [0, 0.05) is 11.1 Å². The van der Waals surface area contributed by atoms with Crippen molar-refractivity contribution in [2.75, 3.05) is 4.90 Å². The normalized spacial score (nSPS) is 15.1. The lowest BCUT2D eigenvalue weighted by molar-refractivity contribution is -0.112. The highest BCUT2D eigenvalue weighted by molar-refractivity contribution is 6.43. The number of nitrogens with zero attached hydrogens (tertiary/aromatic N) is 1. The molecular weight excluding hydrogens is 346 g/mol. The van der Waals surface area contributed by atoms with Gasteiger partial charge in [0.25, 0.3) is 11.8 Å². The summed E-state index contributed by atoms with van der Waals surface area (Å²) >= 11 is 0. The minimum absolute atomic E-state index is 0.288. The SMILES string of the molecule is Cc1cccc(N2C(=O)C(=Cc3cc(C)ccc3C)c3ccccc3C2=O)c1. The smallest absolute Gasteiger partial charge is 0.265 e. The van der Waals surface area contributed by atoms with E-state index >= 15 is 0 Å². The highest BCUT2D eigenvalue weighted by atomic mass is 16.2. The fourth-order valence-electron chi connectivity index (χ4n) is 3.56. The van der Waals surface area contributed by atoms with E-state index in [1.807, 2.05) is 69.3 Å². The number of carbonyl (C=O) groups excluding carboxylic acids is 2. The Bertz CT molecular complexity index is 1140. The first kappa shape index (κ1) is 17.9. The number of fused-ring (bicyclic) bond motifs is 1. The molecule has 0 unspecified atom stereocenters. The minimum Gasteiger partial charge on any atom is -0.268 e. The molecule has 2 amide bonds. The molecule has 1 heterocycles. The van der Waals surface area contributed by atoms with Crippen molar-refractivity contribution in [1.82, 2.24) is 0 Å². The molecule has 3 nitrogen and oxygen atoms in total. The highest BCUT2D eigenvalue weighted by Gasteiger charge is 2.35. The van der Waals surface area contributed by atoms with Crippen LogP contribution in [0.5, 0.6) is 0 Å². The number of rotatable bonds is 2. The van der Waals surface area contributed by atoms with E-state index in [0.717, 1.165) is 22.3 Å². The van der Waals surface area contributed by atoms with Crippen LogP contribution in [0.3, 0.4) is 0 Å². The molecule has 1 aliphatic rings. The average molecular weight is 367 g/mol. The summed E-state index contributed by atoms with van der Waals surface area (Å²) in [6, 6.07) is 20.9. The van der Waals surface area contributed by atoms with Crippen LogP contribution in [0.4, 0.5) is 5.69 Å². The number of benzene rings is 3. The van der Waals surface area contributed by atoms with Crippen molar-refractivity contribution < 1.29 is 9.59 Å². The first-order chi connectivity index (χ1) is 13.5. The first-order valence-corrected chi connectivity index (χ1v) is 9.29. The molecule has 0 aromatic heterocycles. The molecule has 0 saturated heterocycles. The minimum atomic E-state index is -0.296. The van der Waals surface area contributed by atoms with Gasteiger partial charge in [0.15, 0.2) is 0 Å². The highest BCUT2D eigenvalue weighted by Crippen LogP contribution is 2.34. The van der Waals surface area contributed by atoms with Crippen LogP contribution in [-0.2, 0) is 4.79 Å². The van der Waals surface area contributed by atoms with Gasteiger partial charge in [-0.2, -0.15) is 0 Å². The van der Waals surface area contributed by atoms with Crippen LogP contribution in [0.15, 0.2) is 66.7 Å². The number of hydrogen-bond acceptors (Lipinski definition) is 2. The maximum atomic E-state index is 13.4. The standard InChI is InChI=1S/C25H21NO2/c1-16-7-6-8-20(14-16)26-24(27)22-10-5-4-9-21(22)23(25(26)28)15-19-13-17(2)11-12-18(19)3/h4-15H,1-3H3. The second-order valence-corrected chi connectivity index (χ2v) is 7.25. The number of carbonyl (C=O) groups is 2. The molecule has 0 saturated carbocycles. The molecule has 0 bridgehead atoms. The van der Waals surface area contributed by atoms with E-state index in [1.54, 1.807) is 12.1 Å². The van der Waals surface area contributed by atoms with Gasteiger partial charge in [0.05, 0.1) is 5.69 Å². The summed E-state index contributed by atoms with van der Waals surface area (Å²) in [5.74, 6) is -0.584. The van der Waals surface area contributed by atoms with Crippen LogP contribution in [0.25, 0.3) is 11.6 Å². The molecule has 4 rings (SSSR count). The summed E-state index contributed by atoms with van der Waals surface area (Å²) in [5.41, 5.74) is 6.54. The van der Waals surface area contributed by atoms with E-state index in [2.05, 4.69) is 12.1 Å². The Morgan fingerprint density at radius 3 is 2.18 bits per heavy atom. The molecule has 0 N–H and O–H groups in total. The molecule has 0 fully saturated rings. The maximum Gasteiger partial charge on any atom is 0.265 e. The number of aryl methyl sites for hydroxylation is 3. The van der Waals surface area contributed by atoms with Gasteiger partial charge >= 0.3 is 0 Å². The predicted molar refractivity (Wildman–Crippen MR) is 113 cm³/mol. The van der Waals surface area contributed by atoms with Crippen LogP contribution in [0.1, 0.15) is 38.2 Å². The van der Waals surface area contributed by atoms with E-state index in [1.165, 1.54) is 4.90 Å². The van der Waals surface area contributed by atoms with Crippen LogP contribution in [0, 0.1) is 20.8 Å². The molecule has 28 heavy (non-hydrogen) atoms. The summed E-state index contributed by atoms with van der Waals surface area (Å²) in [4.78, 5) is 27.9. The summed E-state index contributed by atoms with van der Waals surface area (Å²) < 4.78 is 0. The second kappa shape index (κ2) is 6.93. The molecule has 0 spiro atoms. The lowest BCUT2D eigenvalue weighted by Gasteiger charge is -2.29. The van der Waals surface area contributed by atoms with E-state index in [-0.39, 0.29) is 11.8 Å². The topological polar surface area (TPSA) is 37.4 Å². The summed E-state index contributed by atoms with van der Waals surface area (Å²) in [6.07, 6.45) is 1.90. The number of amides is 2. The Labute approximate surface area is 164 Å². The monoisotopic (exact) mass is 367 g/mol. The zero-order valence-corrected chi connectivity index (χ0v) is 16.2. The van der Waals surface area contributed by atoms with Gasteiger partial charge < -0.3 is 0 Å². The summed E-state index contributed by atoms with van der Waals surface area (Å²) in [5, 5.41) is 0. The lowest BCUT2D eigenvalue weighted by Crippen LogP contribution is -2.41. The molecule has 0 atom stereocenters. The second-order valence-electron chi connectivity index (χ2n) is 7.25. The Hall–Kier alpha value is -3.46. The van der Waals surface area contributed by atoms with Crippen molar-refractivity contribution in [3.8, 4) is 0 Å². The Morgan fingerprint density at radius 1 is 0.714 bits per heavy atom. The quantitative estimate of drug-likeness (QED) is 0.453. The van der Waals surface area contributed by atoms with Crippen LogP contribution < -0.4 is 4.90 Å². The fraction of sp³-hybridized carbons (Fsp3) is 0.120. The van der Waals surface area contributed by atoms with Gasteiger partial charge in [0.1, 0.15) is 0 Å². The van der Waals surface area contributed by atoms with Crippen LogP contribution in [-0.4, -0.2) is 11.8 Å². The largest absolute Gasteiger partial charge is 0.268 e. The molecule has 0 aliphatic carbocycles. The Kier molecular flexibility index (Phi) is 4.44. The first-order valence-electron chi connectivity index (χ1n) is 9.29. The lowest BCUT2D eigenvalue weighted by atomic mass is 9.90. The number of hydrogen-bond donors (Lipinski definition) is 0. The summed E-state index contributed by atoms with van der Waals surface area (Å²) in [6.45, 7) is 6.00. The molecule has 3 aromatic rings. The van der Waals surface area contributed by atoms with E-state index in [9.17, 15) is 9.59 Å².